The van der Waals surface area contributed by atoms with E-state index in [1.165, 1.54) is 0 Å². The average Bonchev–Trinajstić information content (AvgIpc) is 2.52. The maximum absolute atomic E-state index is 12.4. The predicted molar refractivity (Wildman–Crippen MR) is 93.7 cm³/mol. The van der Waals surface area contributed by atoms with Crippen molar-refractivity contribution < 1.29 is 4.79 Å². The van der Waals surface area contributed by atoms with Crippen LogP contribution in [0.3, 0.4) is 0 Å². The van der Waals surface area contributed by atoms with Gasteiger partial charge in [-0.15, -0.1) is 0 Å². The number of anilines is 2. The van der Waals surface area contributed by atoms with Gasteiger partial charge in [0.2, 0.25) is 0 Å². The van der Waals surface area contributed by atoms with Crippen molar-refractivity contribution in [3.8, 4) is 0 Å². The summed E-state index contributed by atoms with van der Waals surface area (Å²) in [7, 11) is 0. The number of nitrogens with zero attached hydrogens (tertiary/aromatic N) is 2. The highest BCUT2D eigenvalue weighted by Crippen LogP contribution is 2.23. The van der Waals surface area contributed by atoms with Crippen LogP contribution in [0.4, 0.5) is 11.4 Å². The van der Waals surface area contributed by atoms with Crippen molar-refractivity contribution in [2.75, 3.05) is 18.4 Å². The highest BCUT2D eigenvalue weighted by Gasteiger charge is 2.13. The van der Waals surface area contributed by atoms with Crippen LogP contribution < -0.4 is 5.32 Å². The number of aryl methyl sites for hydroxylation is 1. The number of hydrogen-bond donors (Lipinski definition) is 1. The van der Waals surface area contributed by atoms with Crippen LogP contribution in [0.15, 0.2) is 41.1 Å². The lowest BCUT2D eigenvalue weighted by molar-refractivity contribution is 0.0772. The summed E-state index contributed by atoms with van der Waals surface area (Å²) < 4.78 is 1.07. The van der Waals surface area contributed by atoms with Gasteiger partial charge >= 0.3 is 0 Å². The zero-order valence-electron chi connectivity index (χ0n) is 13.1. The molecule has 5 heteroatoms. The number of pyridine rings is 1. The quantitative estimate of drug-likeness (QED) is 0.859. The van der Waals surface area contributed by atoms with Gasteiger partial charge in [0.15, 0.2) is 0 Å². The fourth-order valence-electron chi connectivity index (χ4n) is 2.21. The molecule has 0 radical (unpaired) electrons. The van der Waals surface area contributed by atoms with E-state index in [0.717, 1.165) is 21.4 Å². The summed E-state index contributed by atoms with van der Waals surface area (Å²) in [6.45, 7) is 7.37. The van der Waals surface area contributed by atoms with Crippen molar-refractivity contribution >= 4 is 33.2 Å². The van der Waals surface area contributed by atoms with E-state index in [1.54, 1.807) is 17.3 Å². The number of rotatable bonds is 5. The Morgan fingerprint density at radius 3 is 2.55 bits per heavy atom. The second kappa shape index (κ2) is 7.40. The normalized spacial score (nSPS) is 10.4. The Hall–Kier alpha value is -1.88. The molecular formula is C17H20BrN3O. The molecule has 1 heterocycles. The maximum atomic E-state index is 12.4. The SMILES string of the molecule is CCN(CC)C(=O)c1cncc(Nc2ccc(Br)c(C)c2)c1. The third-order valence-corrected chi connectivity index (χ3v) is 4.37. The zero-order valence-corrected chi connectivity index (χ0v) is 14.6. The van der Waals surface area contributed by atoms with Crippen LogP contribution in [0, 0.1) is 6.92 Å². The van der Waals surface area contributed by atoms with Gasteiger partial charge in [0.1, 0.15) is 0 Å². The molecule has 0 bridgehead atoms. The molecule has 0 saturated heterocycles. The van der Waals surface area contributed by atoms with E-state index in [1.807, 2.05) is 45.0 Å². The third kappa shape index (κ3) is 3.85. The van der Waals surface area contributed by atoms with Crippen LogP contribution in [0.2, 0.25) is 0 Å². The number of hydrogen-bond acceptors (Lipinski definition) is 3. The fraction of sp³-hybridized carbons (Fsp3) is 0.294. The second-order valence-electron chi connectivity index (χ2n) is 5.03. The van der Waals surface area contributed by atoms with Gasteiger partial charge in [-0.25, -0.2) is 0 Å². The molecule has 22 heavy (non-hydrogen) atoms. The van der Waals surface area contributed by atoms with Crippen LogP contribution in [0.25, 0.3) is 0 Å². The molecule has 116 valence electrons. The van der Waals surface area contributed by atoms with Crippen LogP contribution >= 0.6 is 15.9 Å². The van der Waals surface area contributed by atoms with E-state index in [0.29, 0.717) is 18.7 Å². The van der Waals surface area contributed by atoms with Gasteiger partial charge in [0, 0.05) is 29.4 Å². The molecular weight excluding hydrogens is 342 g/mol. The van der Waals surface area contributed by atoms with Gasteiger partial charge in [-0.3, -0.25) is 9.78 Å². The lowest BCUT2D eigenvalue weighted by Gasteiger charge is -2.18. The van der Waals surface area contributed by atoms with Gasteiger partial charge < -0.3 is 10.2 Å². The number of amides is 1. The average molecular weight is 362 g/mol. The minimum absolute atomic E-state index is 0.00753. The summed E-state index contributed by atoms with van der Waals surface area (Å²) in [5.41, 5.74) is 3.52. The fourth-order valence-corrected chi connectivity index (χ4v) is 2.45. The Morgan fingerprint density at radius 1 is 1.18 bits per heavy atom. The Kier molecular flexibility index (Phi) is 5.55. The number of halogens is 1. The summed E-state index contributed by atoms with van der Waals surface area (Å²) in [5.74, 6) is 0.00753. The molecule has 1 aromatic heterocycles. The molecule has 2 aromatic rings. The van der Waals surface area contributed by atoms with E-state index >= 15 is 0 Å². The number of benzene rings is 1. The Morgan fingerprint density at radius 2 is 1.91 bits per heavy atom. The summed E-state index contributed by atoms with van der Waals surface area (Å²) in [6.07, 6.45) is 3.33. The second-order valence-corrected chi connectivity index (χ2v) is 5.88. The smallest absolute Gasteiger partial charge is 0.255 e. The number of aromatic nitrogens is 1. The van der Waals surface area contributed by atoms with E-state index in [4.69, 9.17) is 0 Å². The first-order valence-electron chi connectivity index (χ1n) is 7.32. The topological polar surface area (TPSA) is 45.2 Å². The Bertz CT molecular complexity index is 669. The number of carbonyl (C=O) groups excluding carboxylic acids is 1. The molecule has 1 aromatic carbocycles. The molecule has 0 aliphatic heterocycles. The molecule has 0 unspecified atom stereocenters. The Labute approximate surface area is 139 Å². The zero-order chi connectivity index (χ0) is 16.1. The highest BCUT2D eigenvalue weighted by atomic mass is 79.9. The lowest BCUT2D eigenvalue weighted by Crippen LogP contribution is -2.30. The number of carbonyl (C=O) groups is 1. The lowest BCUT2D eigenvalue weighted by atomic mass is 10.2. The summed E-state index contributed by atoms with van der Waals surface area (Å²) in [5, 5.41) is 3.29. The summed E-state index contributed by atoms with van der Waals surface area (Å²) >= 11 is 3.49. The molecule has 0 saturated carbocycles. The molecule has 1 N–H and O–H groups in total. The molecule has 0 fully saturated rings. The largest absolute Gasteiger partial charge is 0.354 e. The van der Waals surface area contributed by atoms with E-state index in [9.17, 15) is 4.79 Å². The van der Waals surface area contributed by atoms with Crippen molar-refractivity contribution in [3.05, 3.63) is 52.3 Å². The van der Waals surface area contributed by atoms with Crippen LogP contribution in [0.5, 0.6) is 0 Å². The van der Waals surface area contributed by atoms with Crippen LogP contribution in [0.1, 0.15) is 29.8 Å². The summed E-state index contributed by atoms with van der Waals surface area (Å²) in [6, 6.07) is 7.86. The molecule has 0 atom stereocenters. The van der Waals surface area contributed by atoms with Crippen molar-refractivity contribution in [2.45, 2.75) is 20.8 Å². The monoisotopic (exact) mass is 361 g/mol. The minimum atomic E-state index is 0.00753. The molecule has 0 aliphatic rings. The van der Waals surface area contributed by atoms with Crippen molar-refractivity contribution in [1.29, 1.82) is 0 Å². The molecule has 2 rings (SSSR count). The van der Waals surface area contributed by atoms with Gasteiger partial charge in [0.25, 0.3) is 5.91 Å². The van der Waals surface area contributed by atoms with Crippen molar-refractivity contribution in [2.24, 2.45) is 0 Å². The molecule has 4 nitrogen and oxygen atoms in total. The van der Waals surface area contributed by atoms with Gasteiger partial charge in [-0.2, -0.15) is 0 Å². The first-order chi connectivity index (χ1) is 10.5. The van der Waals surface area contributed by atoms with Crippen LogP contribution in [-0.4, -0.2) is 28.9 Å². The standard InChI is InChI=1S/C17H20BrN3O/c1-4-21(5-2)17(22)13-9-15(11-19-10-13)20-14-6-7-16(18)12(3)8-14/h6-11,20H,4-5H2,1-3H3. The Balaban J connectivity index is 2.21. The summed E-state index contributed by atoms with van der Waals surface area (Å²) in [4.78, 5) is 18.3. The third-order valence-electron chi connectivity index (χ3n) is 3.48. The maximum Gasteiger partial charge on any atom is 0.255 e. The van der Waals surface area contributed by atoms with Gasteiger partial charge in [-0.05, 0) is 50.6 Å². The van der Waals surface area contributed by atoms with Gasteiger partial charge in [0.05, 0.1) is 17.4 Å². The first-order valence-corrected chi connectivity index (χ1v) is 8.12. The van der Waals surface area contributed by atoms with Crippen molar-refractivity contribution in [3.63, 3.8) is 0 Å². The first kappa shape index (κ1) is 16.5. The minimum Gasteiger partial charge on any atom is -0.354 e. The molecule has 1 amide bonds. The molecule has 0 aliphatic carbocycles. The molecule has 0 spiro atoms. The predicted octanol–water partition coefficient (Wildman–Crippen LogP) is 4.38. The number of nitrogens with one attached hydrogen (secondary N) is 1. The highest BCUT2D eigenvalue weighted by molar-refractivity contribution is 9.10. The van der Waals surface area contributed by atoms with Crippen molar-refractivity contribution in [1.82, 2.24) is 9.88 Å². The van der Waals surface area contributed by atoms with E-state index in [2.05, 4.69) is 26.2 Å². The van der Waals surface area contributed by atoms with Crippen LogP contribution in [-0.2, 0) is 0 Å². The van der Waals surface area contributed by atoms with E-state index in [-0.39, 0.29) is 5.91 Å². The van der Waals surface area contributed by atoms with Gasteiger partial charge in [-0.1, -0.05) is 15.9 Å². The van der Waals surface area contributed by atoms with E-state index < -0.39 is 0 Å².